The van der Waals surface area contributed by atoms with Gasteiger partial charge < -0.3 is 10.2 Å². The maximum Gasteiger partial charge on any atom is 0.249 e. The van der Waals surface area contributed by atoms with E-state index >= 15 is 0 Å². The SMILES string of the molecule is CCC1(CC)NC(=O)CN(C2CCC2)C1=O. The maximum atomic E-state index is 12.4. The summed E-state index contributed by atoms with van der Waals surface area (Å²) >= 11 is 0. The van der Waals surface area contributed by atoms with E-state index in [0.29, 0.717) is 18.9 Å². The molecule has 0 spiro atoms. The molecule has 0 aromatic heterocycles. The summed E-state index contributed by atoms with van der Waals surface area (Å²) in [4.78, 5) is 25.9. The van der Waals surface area contributed by atoms with E-state index < -0.39 is 5.54 Å². The lowest BCUT2D eigenvalue weighted by atomic mass is 9.84. The van der Waals surface area contributed by atoms with Gasteiger partial charge in [-0.05, 0) is 32.1 Å². The molecule has 1 aliphatic carbocycles. The minimum atomic E-state index is -0.634. The molecule has 0 radical (unpaired) electrons. The molecule has 1 aliphatic heterocycles. The average molecular weight is 224 g/mol. The first-order chi connectivity index (χ1) is 7.63. The van der Waals surface area contributed by atoms with E-state index in [0.717, 1.165) is 12.8 Å². The Kier molecular flexibility index (Phi) is 2.91. The van der Waals surface area contributed by atoms with Crippen LogP contribution >= 0.6 is 0 Å². The van der Waals surface area contributed by atoms with E-state index in [-0.39, 0.29) is 18.4 Å². The third kappa shape index (κ3) is 1.60. The number of hydrogen-bond acceptors (Lipinski definition) is 2. The number of nitrogens with zero attached hydrogens (tertiary/aromatic N) is 1. The Hall–Kier alpha value is -1.06. The largest absolute Gasteiger partial charge is 0.340 e. The van der Waals surface area contributed by atoms with Gasteiger partial charge in [-0.3, -0.25) is 9.59 Å². The molecule has 4 nitrogen and oxygen atoms in total. The number of piperazine rings is 1. The molecule has 1 saturated heterocycles. The highest BCUT2D eigenvalue weighted by molar-refractivity contribution is 5.98. The fourth-order valence-corrected chi connectivity index (χ4v) is 2.58. The summed E-state index contributed by atoms with van der Waals surface area (Å²) < 4.78 is 0. The molecule has 0 unspecified atom stereocenters. The molecule has 2 rings (SSSR count). The van der Waals surface area contributed by atoms with Gasteiger partial charge in [0, 0.05) is 6.04 Å². The van der Waals surface area contributed by atoms with E-state index in [9.17, 15) is 9.59 Å². The lowest BCUT2D eigenvalue weighted by Crippen LogP contribution is -2.68. The number of carbonyl (C=O) groups excluding carboxylic acids is 2. The zero-order chi connectivity index (χ0) is 11.8. The molecule has 0 atom stereocenters. The lowest BCUT2D eigenvalue weighted by molar-refractivity contribution is -0.154. The van der Waals surface area contributed by atoms with Crippen molar-refractivity contribution in [1.29, 1.82) is 0 Å². The van der Waals surface area contributed by atoms with E-state index in [2.05, 4.69) is 5.32 Å². The van der Waals surface area contributed by atoms with Crippen LogP contribution in [-0.2, 0) is 9.59 Å². The monoisotopic (exact) mass is 224 g/mol. The minimum Gasteiger partial charge on any atom is -0.340 e. The molecule has 2 aliphatic rings. The fraction of sp³-hybridized carbons (Fsp3) is 0.833. The Labute approximate surface area is 96.4 Å². The number of carbonyl (C=O) groups is 2. The van der Waals surface area contributed by atoms with Crippen molar-refractivity contribution in [2.24, 2.45) is 0 Å². The Morgan fingerprint density at radius 2 is 1.94 bits per heavy atom. The van der Waals surface area contributed by atoms with E-state index in [1.54, 1.807) is 4.90 Å². The van der Waals surface area contributed by atoms with Gasteiger partial charge in [-0.2, -0.15) is 0 Å². The van der Waals surface area contributed by atoms with Gasteiger partial charge in [-0.25, -0.2) is 0 Å². The van der Waals surface area contributed by atoms with Crippen molar-refractivity contribution in [1.82, 2.24) is 10.2 Å². The molecule has 2 amide bonds. The molecule has 0 aromatic rings. The summed E-state index contributed by atoms with van der Waals surface area (Å²) in [5.41, 5.74) is -0.634. The van der Waals surface area contributed by atoms with Crippen molar-refractivity contribution < 1.29 is 9.59 Å². The Bertz CT molecular complexity index is 306. The highest BCUT2D eigenvalue weighted by atomic mass is 16.2. The van der Waals surface area contributed by atoms with Crippen molar-refractivity contribution in [3.05, 3.63) is 0 Å². The third-order valence-corrected chi connectivity index (χ3v) is 4.09. The summed E-state index contributed by atoms with van der Waals surface area (Å²) in [5, 5.41) is 2.88. The van der Waals surface area contributed by atoms with Gasteiger partial charge in [0.15, 0.2) is 0 Å². The minimum absolute atomic E-state index is 0.00444. The molecule has 4 heteroatoms. The first kappa shape index (κ1) is 11.4. The first-order valence-electron chi connectivity index (χ1n) is 6.25. The van der Waals surface area contributed by atoms with Crippen LogP contribution in [0.1, 0.15) is 46.0 Å². The van der Waals surface area contributed by atoms with Crippen LogP contribution in [0.15, 0.2) is 0 Å². The predicted molar refractivity (Wildman–Crippen MR) is 60.8 cm³/mol. The quantitative estimate of drug-likeness (QED) is 0.779. The second-order valence-electron chi connectivity index (χ2n) is 4.86. The van der Waals surface area contributed by atoms with Gasteiger partial charge in [-0.1, -0.05) is 13.8 Å². The van der Waals surface area contributed by atoms with E-state index in [1.165, 1.54) is 6.42 Å². The van der Waals surface area contributed by atoms with Crippen LogP contribution in [0.3, 0.4) is 0 Å². The number of nitrogens with one attached hydrogen (secondary N) is 1. The van der Waals surface area contributed by atoms with Gasteiger partial charge in [0.05, 0.1) is 6.54 Å². The molecule has 0 bridgehead atoms. The van der Waals surface area contributed by atoms with Gasteiger partial charge in [0.25, 0.3) is 0 Å². The summed E-state index contributed by atoms with van der Waals surface area (Å²) in [6.07, 6.45) is 4.65. The van der Waals surface area contributed by atoms with Crippen LogP contribution in [0.2, 0.25) is 0 Å². The van der Waals surface area contributed by atoms with Crippen LogP contribution in [0, 0.1) is 0 Å². The van der Waals surface area contributed by atoms with Crippen LogP contribution < -0.4 is 5.32 Å². The van der Waals surface area contributed by atoms with Crippen LogP contribution in [-0.4, -0.2) is 34.8 Å². The second-order valence-corrected chi connectivity index (χ2v) is 4.86. The summed E-state index contributed by atoms with van der Waals surface area (Å²) in [6, 6.07) is 0.316. The average Bonchev–Trinajstić information content (AvgIpc) is 2.20. The van der Waals surface area contributed by atoms with Gasteiger partial charge in [-0.15, -0.1) is 0 Å². The molecule has 1 N–H and O–H groups in total. The molecule has 90 valence electrons. The zero-order valence-corrected chi connectivity index (χ0v) is 10.1. The van der Waals surface area contributed by atoms with Gasteiger partial charge in [0.2, 0.25) is 11.8 Å². The summed E-state index contributed by atoms with van der Waals surface area (Å²) in [6.45, 7) is 4.18. The first-order valence-corrected chi connectivity index (χ1v) is 6.25. The molecule has 16 heavy (non-hydrogen) atoms. The lowest BCUT2D eigenvalue weighted by Gasteiger charge is -2.46. The van der Waals surface area contributed by atoms with E-state index in [1.807, 2.05) is 13.8 Å². The molecular weight excluding hydrogens is 204 g/mol. The number of amides is 2. The van der Waals surface area contributed by atoms with Crippen molar-refractivity contribution in [2.45, 2.75) is 57.5 Å². The summed E-state index contributed by atoms with van der Waals surface area (Å²) in [7, 11) is 0. The maximum absolute atomic E-state index is 12.4. The topological polar surface area (TPSA) is 49.4 Å². The predicted octanol–water partition coefficient (Wildman–Crippen LogP) is 1.06. The van der Waals surface area contributed by atoms with Gasteiger partial charge >= 0.3 is 0 Å². The van der Waals surface area contributed by atoms with Crippen LogP contribution in [0.5, 0.6) is 0 Å². The van der Waals surface area contributed by atoms with Crippen LogP contribution in [0.25, 0.3) is 0 Å². The zero-order valence-electron chi connectivity index (χ0n) is 10.1. The third-order valence-electron chi connectivity index (χ3n) is 4.09. The van der Waals surface area contributed by atoms with Crippen molar-refractivity contribution in [3.63, 3.8) is 0 Å². The summed E-state index contributed by atoms with van der Waals surface area (Å²) in [5.74, 6) is 0.122. The molecule has 0 aromatic carbocycles. The smallest absolute Gasteiger partial charge is 0.249 e. The van der Waals surface area contributed by atoms with Crippen LogP contribution in [0.4, 0.5) is 0 Å². The molecule has 2 fully saturated rings. The van der Waals surface area contributed by atoms with Crippen molar-refractivity contribution >= 4 is 11.8 Å². The van der Waals surface area contributed by atoms with Crippen molar-refractivity contribution in [3.8, 4) is 0 Å². The second kappa shape index (κ2) is 4.07. The van der Waals surface area contributed by atoms with Gasteiger partial charge in [0.1, 0.15) is 5.54 Å². The molecule has 1 heterocycles. The number of rotatable bonds is 3. The normalized spacial score (nSPS) is 25.2. The standard InChI is InChI=1S/C12H20N2O2/c1-3-12(4-2)11(16)14(8-10(15)13-12)9-6-5-7-9/h9H,3-8H2,1-2H3,(H,13,15). The number of hydrogen-bond donors (Lipinski definition) is 1. The van der Waals surface area contributed by atoms with Crippen molar-refractivity contribution in [2.75, 3.05) is 6.54 Å². The van der Waals surface area contributed by atoms with E-state index in [4.69, 9.17) is 0 Å². The Morgan fingerprint density at radius 3 is 2.38 bits per heavy atom. The highest BCUT2D eigenvalue weighted by Crippen LogP contribution is 2.30. The highest BCUT2D eigenvalue weighted by Gasteiger charge is 2.46. The molecular formula is C12H20N2O2. The Morgan fingerprint density at radius 1 is 1.31 bits per heavy atom. The Balaban J connectivity index is 2.21. The molecule has 1 saturated carbocycles. The fourth-order valence-electron chi connectivity index (χ4n) is 2.58.